The van der Waals surface area contributed by atoms with Crippen LogP contribution in [0.5, 0.6) is 17.2 Å². The van der Waals surface area contributed by atoms with Crippen LogP contribution in [0.3, 0.4) is 0 Å². The van der Waals surface area contributed by atoms with E-state index in [0.29, 0.717) is 24.7 Å². The van der Waals surface area contributed by atoms with E-state index in [4.69, 9.17) is 4.74 Å². The summed E-state index contributed by atoms with van der Waals surface area (Å²) in [7, 11) is 0. The van der Waals surface area contributed by atoms with Crippen molar-refractivity contribution in [1.82, 2.24) is 10.2 Å². The molecule has 0 amide bonds. The molecule has 0 saturated carbocycles. The fourth-order valence-corrected chi connectivity index (χ4v) is 3.62. The van der Waals surface area contributed by atoms with Gasteiger partial charge in [-0.1, -0.05) is 0 Å². The lowest BCUT2D eigenvalue weighted by molar-refractivity contribution is 0.0199. The largest absolute Gasteiger partial charge is 0.508 e. The van der Waals surface area contributed by atoms with Gasteiger partial charge in [0.1, 0.15) is 17.2 Å². The second-order valence-electron chi connectivity index (χ2n) is 6.08. The zero-order valence-corrected chi connectivity index (χ0v) is 12.7. The number of nitrogens with zero attached hydrogens (tertiary/aromatic N) is 1. The highest BCUT2D eigenvalue weighted by Crippen LogP contribution is 2.44. The number of benzene rings is 1. The Balaban J connectivity index is 1.96. The lowest BCUT2D eigenvalue weighted by atomic mass is 9.84. The van der Waals surface area contributed by atoms with Crippen LogP contribution in [-0.4, -0.2) is 59.6 Å². The first-order valence-corrected chi connectivity index (χ1v) is 7.94. The number of phenols is 3. The van der Waals surface area contributed by atoms with Gasteiger partial charge in [0, 0.05) is 57.6 Å². The van der Waals surface area contributed by atoms with Crippen LogP contribution in [0.25, 0.3) is 0 Å². The second-order valence-corrected chi connectivity index (χ2v) is 6.08. The molecule has 0 unspecified atom stereocenters. The Hall–Kier alpha value is -1.50. The summed E-state index contributed by atoms with van der Waals surface area (Å²) in [5.41, 5.74) is 0.534. The number of piperazine rings is 1. The van der Waals surface area contributed by atoms with Crippen molar-refractivity contribution in [2.45, 2.75) is 18.9 Å². The summed E-state index contributed by atoms with van der Waals surface area (Å²) in [6, 6.07) is 2.57. The third-order valence-corrected chi connectivity index (χ3v) is 4.67. The van der Waals surface area contributed by atoms with Crippen LogP contribution < -0.4 is 5.32 Å². The minimum atomic E-state index is -0.121. The van der Waals surface area contributed by atoms with Gasteiger partial charge in [-0.25, -0.2) is 0 Å². The highest BCUT2D eigenvalue weighted by atomic mass is 16.5. The number of hydrogen-bond donors (Lipinski definition) is 4. The molecule has 2 saturated heterocycles. The highest BCUT2D eigenvalue weighted by Gasteiger charge is 2.34. The van der Waals surface area contributed by atoms with Crippen molar-refractivity contribution in [2.75, 3.05) is 39.4 Å². The molecule has 0 radical (unpaired) electrons. The van der Waals surface area contributed by atoms with Gasteiger partial charge in [-0.2, -0.15) is 0 Å². The Kier molecular flexibility index (Phi) is 4.71. The third kappa shape index (κ3) is 3.14. The molecule has 2 aliphatic heterocycles. The predicted octanol–water partition coefficient (Wildman–Crippen LogP) is 1.18. The predicted molar refractivity (Wildman–Crippen MR) is 82.2 cm³/mol. The Morgan fingerprint density at radius 1 is 1.05 bits per heavy atom. The maximum atomic E-state index is 10.3. The van der Waals surface area contributed by atoms with E-state index >= 15 is 0 Å². The van der Waals surface area contributed by atoms with Gasteiger partial charge in [-0.3, -0.25) is 4.90 Å². The Morgan fingerprint density at radius 3 is 2.23 bits per heavy atom. The topological polar surface area (TPSA) is 85.2 Å². The average Bonchev–Trinajstić information content (AvgIpc) is 2.52. The van der Waals surface area contributed by atoms with E-state index in [9.17, 15) is 15.3 Å². The summed E-state index contributed by atoms with van der Waals surface area (Å²) in [4.78, 5) is 2.32. The molecule has 0 spiro atoms. The van der Waals surface area contributed by atoms with E-state index in [1.54, 1.807) is 0 Å². The van der Waals surface area contributed by atoms with Crippen LogP contribution in [0.15, 0.2) is 12.1 Å². The van der Waals surface area contributed by atoms with Crippen LogP contribution in [0.2, 0.25) is 0 Å². The minimum absolute atomic E-state index is 0.0347. The standard InChI is InChI=1S/C16H24N2O4/c19-12-9-13(20)15(14(21)10-12)16(11-1-7-22-8-2-11)18-5-3-17-4-6-18/h9-11,16-17,19-21H,1-8H2/t16-/m0/s1. The number of hydrogen-bond acceptors (Lipinski definition) is 6. The Morgan fingerprint density at radius 2 is 1.64 bits per heavy atom. The van der Waals surface area contributed by atoms with E-state index in [0.717, 1.165) is 39.0 Å². The van der Waals surface area contributed by atoms with E-state index in [1.165, 1.54) is 12.1 Å². The summed E-state index contributed by atoms with van der Waals surface area (Å²) < 4.78 is 5.46. The van der Waals surface area contributed by atoms with Crippen molar-refractivity contribution in [3.8, 4) is 17.2 Å². The molecule has 2 aliphatic rings. The number of rotatable bonds is 3. The molecule has 122 valence electrons. The molecule has 0 bridgehead atoms. The first-order chi connectivity index (χ1) is 10.7. The molecule has 4 N–H and O–H groups in total. The maximum Gasteiger partial charge on any atom is 0.127 e. The third-order valence-electron chi connectivity index (χ3n) is 4.67. The molecule has 6 nitrogen and oxygen atoms in total. The number of phenolic OH excluding ortho intramolecular Hbond substituents is 3. The number of nitrogens with one attached hydrogen (secondary N) is 1. The molecule has 2 fully saturated rings. The quantitative estimate of drug-likeness (QED) is 0.671. The van der Waals surface area contributed by atoms with Crippen molar-refractivity contribution in [3.63, 3.8) is 0 Å². The monoisotopic (exact) mass is 308 g/mol. The summed E-state index contributed by atoms with van der Waals surface area (Å²) >= 11 is 0. The summed E-state index contributed by atoms with van der Waals surface area (Å²) in [6.45, 7) is 4.99. The first-order valence-electron chi connectivity index (χ1n) is 7.94. The smallest absolute Gasteiger partial charge is 0.127 e. The van der Waals surface area contributed by atoms with E-state index in [-0.39, 0.29) is 23.3 Å². The Labute approximate surface area is 130 Å². The van der Waals surface area contributed by atoms with Gasteiger partial charge in [0.05, 0.1) is 5.56 Å². The van der Waals surface area contributed by atoms with Gasteiger partial charge in [0.25, 0.3) is 0 Å². The van der Waals surface area contributed by atoms with Gasteiger partial charge >= 0.3 is 0 Å². The maximum absolute atomic E-state index is 10.3. The fraction of sp³-hybridized carbons (Fsp3) is 0.625. The van der Waals surface area contributed by atoms with Gasteiger partial charge < -0.3 is 25.4 Å². The van der Waals surface area contributed by atoms with E-state index in [1.807, 2.05) is 0 Å². The number of ether oxygens (including phenoxy) is 1. The van der Waals surface area contributed by atoms with Crippen molar-refractivity contribution in [1.29, 1.82) is 0 Å². The van der Waals surface area contributed by atoms with Crippen LogP contribution in [0.4, 0.5) is 0 Å². The van der Waals surface area contributed by atoms with Crippen molar-refractivity contribution < 1.29 is 20.1 Å². The molecule has 1 aromatic rings. The second kappa shape index (κ2) is 6.73. The van der Waals surface area contributed by atoms with Crippen molar-refractivity contribution in [2.24, 2.45) is 5.92 Å². The first kappa shape index (κ1) is 15.4. The van der Waals surface area contributed by atoms with E-state index < -0.39 is 0 Å². The van der Waals surface area contributed by atoms with Crippen LogP contribution >= 0.6 is 0 Å². The summed E-state index contributed by atoms with van der Waals surface area (Å²) in [5, 5.41) is 33.5. The molecule has 6 heteroatoms. The lowest BCUT2D eigenvalue weighted by Gasteiger charge is -2.41. The molecule has 1 aromatic carbocycles. The van der Waals surface area contributed by atoms with E-state index in [2.05, 4.69) is 10.2 Å². The zero-order chi connectivity index (χ0) is 15.5. The van der Waals surface area contributed by atoms with Crippen LogP contribution in [0.1, 0.15) is 24.4 Å². The minimum Gasteiger partial charge on any atom is -0.508 e. The van der Waals surface area contributed by atoms with Crippen molar-refractivity contribution >= 4 is 0 Å². The lowest BCUT2D eigenvalue weighted by Crippen LogP contribution is -2.47. The van der Waals surface area contributed by atoms with Crippen molar-refractivity contribution in [3.05, 3.63) is 17.7 Å². The summed E-state index contributed by atoms with van der Waals surface area (Å²) in [5.74, 6) is 0.137. The molecule has 2 heterocycles. The average molecular weight is 308 g/mol. The molecule has 22 heavy (non-hydrogen) atoms. The zero-order valence-electron chi connectivity index (χ0n) is 12.7. The molecule has 0 aliphatic carbocycles. The fourth-order valence-electron chi connectivity index (χ4n) is 3.62. The van der Waals surface area contributed by atoms with Crippen LogP contribution in [0, 0.1) is 5.92 Å². The van der Waals surface area contributed by atoms with Gasteiger partial charge in [-0.15, -0.1) is 0 Å². The van der Waals surface area contributed by atoms with Crippen LogP contribution in [-0.2, 0) is 4.74 Å². The van der Waals surface area contributed by atoms with Gasteiger partial charge in [0.15, 0.2) is 0 Å². The molecule has 1 atom stereocenters. The Bertz CT molecular complexity index is 470. The highest BCUT2D eigenvalue weighted by molar-refractivity contribution is 5.50. The number of aromatic hydroxyl groups is 3. The normalized spacial score (nSPS) is 22.5. The summed E-state index contributed by atoms with van der Waals surface area (Å²) in [6.07, 6.45) is 1.82. The molecular weight excluding hydrogens is 284 g/mol. The van der Waals surface area contributed by atoms with Gasteiger partial charge in [-0.05, 0) is 18.8 Å². The SMILES string of the molecule is Oc1cc(O)c([C@H](C2CCOCC2)N2CCNCC2)c(O)c1. The molecule has 0 aromatic heterocycles. The molecular formula is C16H24N2O4. The van der Waals surface area contributed by atoms with Gasteiger partial charge in [0.2, 0.25) is 0 Å². The molecule has 3 rings (SSSR count).